The number of fused-ring (bicyclic) bond motifs is 1. The fraction of sp³-hybridized carbons (Fsp3) is 0.179. The number of benzene rings is 4. The number of anilines is 1. The zero-order valence-electron chi connectivity index (χ0n) is 19.4. The van der Waals surface area contributed by atoms with E-state index in [2.05, 4.69) is 18.2 Å². The van der Waals surface area contributed by atoms with Gasteiger partial charge in [-0.2, -0.15) is 5.10 Å². The van der Waals surface area contributed by atoms with Gasteiger partial charge in [0, 0.05) is 11.8 Å². The van der Waals surface area contributed by atoms with Crippen molar-refractivity contribution in [2.45, 2.75) is 12.5 Å². The molecule has 1 unspecified atom stereocenters. The summed E-state index contributed by atoms with van der Waals surface area (Å²) < 4.78 is 16.9. The van der Waals surface area contributed by atoms with Gasteiger partial charge in [0.15, 0.2) is 0 Å². The van der Waals surface area contributed by atoms with Crippen molar-refractivity contribution >= 4 is 22.2 Å². The molecule has 0 saturated carbocycles. The average molecular weight is 455 g/mol. The Bertz CT molecular complexity index is 1380. The number of nitrogens with zero attached hydrogens (tertiary/aromatic N) is 2. The van der Waals surface area contributed by atoms with Crippen LogP contribution in [-0.4, -0.2) is 32.1 Å². The van der Waals surface area contributed by atoms with Crippen molar-refractivity contribution in [1.29, 1.82) is 0 Å². The van der Waals surface area contributed by atoms with E-state index in [1.165, 1.54) is 0 Å². The number of phenolic OH excluding ortho intramolecular Hbond substituents is 1. The van der Waals surface area contributed by atoms with Crippen LogP contribution in [0.2, 0.25) is 0 Å². The lowest BCUT2D eigenvalue weighted by atomic mass is 9.93. The highest BCUT2D eigenvalue weighted by Gasteiger charge is 2.34. The Hall–Kier alpha value is -4.19. The monoisotopic (exact) mass is 454 g/mol. The highest BCUT2D eigenvalue weighted by Crippen LogP contribution is 2.45. The van der Waals surface area contributed by atoms with Crippen LogP contribution in [0.25, 0.3) is 10.8 Å². The number of rotatable bonds is 6. The van der Waals surface area contributed by atoms with E-state index >= 15 is 0 Å². The Labute approximate surface area is 198 Å². The van der Waals surface area contributed by atoms with Crippen LogP contribution in [0.1, 0.15) is 23.6 Å². The second kappa shape index (κ2) is 8.98. The fourth-order valence-electron chi connectivity index (χ4n) is 4.69. The summed E-state index contributed by atoms with van der Waals surface area (Å²) in [6.07, 6.45) is 0.572. The van der Waals surface area contributed by atoms with Gasteiger partial charge in [-0.15, -0.1) is 0 Å². The zero-order valence-corrected chi connectivity index (χ0v) is 19.4. The van der Waals surface area contributed by atoms with Crippen molar-refractivity contribution in [2.24, 2.45) is 5.10 Å². The first-order valence-corrected chi connectivity index (χ1v) is 11.1. The molecule has 1 N–H and O–H groups in total. The molecule has 0 saturated heterocycles. The van der Waals surface area contributed by atoms with Gasteiger partial charge in [-0.3, -0.25) is 5.01 Å². The molecule has 0 aromatic heterocycles. The fourth-order valence-corrected chi connectivity index (χ4v) is 4.69. The van der Waals surface area contributed by atoms with Crippen molar-refractivity contribution in [3.8, 4) is 23.0 Å². The number of hydrazone groups is 1. The summed E-state index contributed by atoms with van der Waals surface area (Å²) in [7, 11) is 4.94. The van der Waals surface area contributed by atoms with E-state index in [9.17, 15) is 5.11 Å². The van der Waals surface area contributed by atoms with Gasteiger partial charge in [-0.1, -0.05) is 48.5 Å². The normalized spacial score (nSPS) is 15.3. The van der Waals surface area contributed by atoms with Gasteiger partial charge in [0.1, 0.15) is 28.7 Å². The Morgan fingerprint density at radius 2 is 1.41 bits per heavy atom. The molecule has 1 aliphatic rings. The molecule has 0 radical (unpaired) electrons. The molecule has 1 aliphatic heterocycles. The van der Waals surface area contributed by atoms with Gasteiger partial charge in [-0.25, -0.2) is 0 Å². The minimum atomic E-state index is -0.133. The number of phenols is 1. The summed E-state index contributed by atoms with van der Waals surface area (Å²) in [5.41, 5.74) is 3.30. The topological polar surface area (TPSA) is 63.5 Å². The molecule has 5 rings (SSSR count). The molecule has 6 nitrogen and oxygen atoms in total. The summed E-state index contributed by atoms with van der Waals surface area (Å²) >= 11 is 0. The summed E-state index contributed by atoms with van der Waals surface area (Å²) in [4.78, 5) is 0. The SMILES string of the molecule is COc1ccccc1N1N=C(c2c(O)cccc2OC)CC1c1ccc(OC)c2ccccc12. The van der Waals surface area contributed by atoms with E-state index < -0.39 is 0 Å². The summed E-state index contributed by atoms with van der Waals surface area (Å²) in [5, 5.41) is 19.8. The predicted octanol–water partition coefficient (Wildman–Crippen LogP) is 5.93. The molecule has 4 aromatic rings. The van der Waals surface area contributed by atoms with Crippen LogP contribution in [0, 0.1) is 0 Å². The second-order valence-electron chi connectivity index (χ2n) is 8.04. The lowest BCUT2D eigenvalue weighted by Gasteiger charge is -2.26. The Morgan fingerprint density at radius 3 is 2.18 bits per heavy atom. The van der Waals surface area contributed by atoms with Gasteiger partial charge in [0.2, 0.25) is 0 Å². The van der Waals surface area contributed by atoms with E-state index in [-0.39, 0.29) is 11.8 Å². The molecule has 0 spiro atoms. The van der Waals surface area contributed by atoms with Crippen molar-refractivity contribution in [1.82, 2.24) is 0 Å². The maximum Gasteiger partial charge on any atom is 0.144 e. The van der Waals surface area contributed by atoms with Gasteiger partial charge < -0.3 is 19.3 Å². The Balaban J connectivity index is 1.71. The number of ether oxygens (including phenoxy) is 3. The lowest BCUT2D eigenvalue weighted by molar-refractivity contribution is 0.406. The number of methoxy groups -OCH3 is 3. The van der Waals surface area contributed by atoms with Crippen LogP contribution in [0.5, 0.6) is 23.0 Å². The molecule has 1 atom stereocenters. The Morgan fingerprint density at radius 1 is 0.735 bits per heavy atom. The van der Waals surface area contributed by atoms with Crippen molar-refractivity contribution < 1.29 is 19.3 Å². The third-order valence-electron chi connectivity index (χ3n) is 6.25. The lowest BCUT2D eigenvalue weighted by Crippen LogP contribution is -2.19. The van der Waals surface area contributed by atoms with E-state index in [0.717, 1.165) is 39.2 Å². The molecule has 0 amide bonds. The molecule has 0 fully saturated rings. The maximum absolute atomic E-state index is 10.7. The largest absolute Gasteiger partial charge is 0.507 e. The van der Waals surface area contributed by atoms with E-state index in [4.69, 9.17) is 19.3 Å². The van der Waals surface area contributed by atoms with Gasteiger partial charge in [0.05, 0.1) is 38.6 Å². The standard InChI is InChI=1S/C28H26N2O4/c1-32-25-16-15-19(18-9-4-5-10-20(18)25)23-17-21(28-24(31)12-8-14-27(28)34-3)29-30(23)22-11-6-7-13-26(22)33-2/h4-16,23,31H,17H2,1-3H3. The summed E-state index contributed by atoms with van der Waals surface area (Å²) in [6.45, 7) is 0. The number of hydrogen-bond donors (Lipinski definition) is 1. The molecule has 4 aromatic carbocycles. The van der Waals surface area contributed by atoms with Gasteiger partial charge >= 0.3 is 0 Å². The second-order valence-corrected chi connectivity index (χ2v) is 8.04. The van der Waals surface area contributed by atoms with Crippen LogP contribution in [-0.2, 0) is 0 Å². The summed E-state index contributed by atoms with van der Waals surface area (Å²) in [5.74, 6) is 2.27. The van der Waals surface area contributed by atoms with E-state index in [1.54, 1.807) is 33.5 Å². The van der Waals surface area contributed by atoms with E-state index in [1.807, 2.05) is 53.5 Å². The van der Waals surface area contributed by atoms with Crippen molar-refractivity contribution in [3.63, 3.8) is 0 Å². The zero-order chi connectivity index (χ0) is 23.7. The van der Waals surface area contributed by atoms with E-state index in [0.29, 0.717) is 17.7 Å². The van der Waals surface area contributed by atoms with Crippen LogP contribution >= 0.6 is 0 Å². The van der Waals surface area contributed by atoms with Crippen molar-refractivity contribution in [2.75, 3.05) is 26.3 Å². The number of hydrogen-bond acceptors (Lipinski definition) is 6. The molecule has 6 heteroatoms. The number of para-hydroxylation sites is 2. The van der Waals surface area contributed by atoms with Crippen LogP contribution in [0.3, 0.4) is 0 Å². The highest BCUT2D eigenvalue weighted by atomic mass is 16.5. The quantitative estimate of drug-likeness (QED) is 0.391. The van der Waals surface area contributed by atoms with Crippen molar-refractivity contribution in [3.05, 3.63) is 90.0 Å². The highest BCUT2D eigenvalue weighted by molar-refractivity contribution is 6.08. The maximum atomic E-state index is 10.7. The minimum Gasteiger partial charge on any atom is -0.507 e. The van der Waals surface area contributed by atoms with Gasteiger partial charge in [-0.05, 0) is 41.3 Å². The molecular weight excluding hydrogens is 428 g/mol. The molecule has 34 heavy (non-hydrogen) atoms. The van der Waals surface area contributed by atoms with Crippen LogP contribution < -0.4 is 19.2 Å². The third-order valence-corrected chi connectivity index (χ3v) is 6.25. The first-order valence-electron chi connectivity index (χ1n) is 11.1. The van der Waals surface area contributed by atoms with Crippen LogP contribution in [0.15, 0.2) is 84.0 Å². The third kappa shape index (κ3) is 3.57. The smallest absolute Gasteiger partial charge is 0.144 e. The van der Waals surface area contributed by atoms with Gasteiger partial charge in [0.25, 0.3) is 0 Å². The first-order chi connectivity index (χ1) is 16.7. The van der Waals surface area contributed by atoms with Crippen LogP contribution in [0.4, 0.5) is 5.69 Å². The minimum absolute atomic E-state index is 0.133. The Kier molecular flexibility index (Phi) is 5.72. The molecule has 0 aliphatic carbocycles. The molecule has 172 valence electrons. The molecule has 0 bridgehead atoms. The molecular formula is C28H26N2O4. The number of aromatic hydroxyl groups is 1. The summed E-state index contributed by atoms with van der Waals surface area (Å²) in [6, 6.07) is 25.2. The predicted molar refractivity (Wildman–Crippen MR) is 135 cm³/mol. The molecule has 1 heterocycles. The first kappa shape index (κ1) is 21.6. The average Bonchev–Trinajstić information content (AvgIpc) is 3.32.